The van der Waals surface area contributed by atoms with Crippen LogP contribution in [0.5, 0.6) is 0 Å². The van der Waals surface area contributed by atoms with E-state index in [4.69, 9.17) is 0 Å². The summed E-state index contributed by atoms with van der Waals surface area (Å²) in [7, 11) is 2.32. The van der Waals surface area contributed by atoms with E-state index in [1.807, 2.05) is 11.3 Å². The Morgan fingerprint density at radius 1 is 1.29 bits per heavy atom. The molecule has 1 aromatic heterocycles. The average molecular weight is 307 g/mol. The Kier molecular flexibility index (Phi) is 5.03. The van der Waals surface area contributed by atoms with Crippen LogP contribution in [0.4, 0.5) is 0 Å². The van der Waals surface area contributed by atoms with E-state index in [1.54, 1.807) is 5.56 Å². The van der Waals surface area contributed by atoms with Crippen molar-refractivity contribution in [1.29, 1.82) is 0 Å². The summed E-state index contributed by atoms with van der Waals surface area (Å²) in [5.41, 5.74) is 1.55. The molecule has 0 bridgehead atoms. The molecule has 21 heavy (non-hydrogen) atoms. The van der Waals surface area contributed by atoms with Crippen molar-refractivity contribution in [3.05, 3.63) is 21.4 Å². The molecule has 2 unspecified atom stereocenters. The van der Waals surface area contributed by atoms with Crippen LogP contribution < -0.4 is 5.32 Å². The Balaban J connectivity index is 1.55. The molecule has 2 aliphatic carbocycles. The molecule has 2 aliphatic rings. The van der Waals surface area contributed by atoms with Crippen molar-refractivity contribution >= 4 is 11.3 Å². The summed E-state index contributed by atoms with van der Waals surface area (Å²) in [6.07, 6.45) is 8.36. The number of thiophene rings is 1. The number of hydrogen-bond acceptors (Lipinski definition) is 3. The number of hydrogen-bond donors (Lipinski definition) is 1. The molecule has 0 aliphatic heterocycles. The van der Waals surface area contributed by atoms with Gasteiger partial charge in [-0.05, 0) is 57.2 Å². The first-order chi connectivity index (χ1) is 10.1. The van der Waals surface area contributed by atoms with Crippen LogP contribution in [-0.4, -0.2) is 24.0 Å². The van der Waals surface area contributed by atoms with Crippen LogP contribution in [0.2, 0.25) is 0 Å². The third kappa shape index (κ3) is 4.30. The number of aryl methyl sites for hydroxylation is 1. The highest BCUT2D eigenvalue weighted by atomic mass is 32.1. The molecule has 0 radical (unpaired) electrons. The predicted molar refractivity (Wildman–Crippen MR) is 91.8 cm³/mol. The van der Waals surface area contributed by atoms with Gasteiger partial charge in [-0.2, -0.15) is 0 Å². The van der Waals surface area contributed by atoms with Gasteiger partial charge in [-0.1, -0.05) is 19.8 Å². The average Bonchev–Trinajstić information content (AvgIpc) is 3.22. The molecule has 1 N–H and O–H groups in total. The minimum Gasteiger partial charge on any atom is -0.309 e. The lowest BCUT2D eigenvalue weighted by atomic mass is 9.86. The van der Waals surface area contributed by atoms with Crippen LogP contribution >= 0.6 is 11.3 Å². The minimum absolute atomic E-state index is 0.793. The Bertz CT molecular complexity index is 464. The van der Waals surface area contributed by atoms with Gasteiger partial charge in [0.1, 0.15) is 0 Å². The summed E-state index contributed by atoms with van der Waals surface area (Å²) in [4.78, 5) is 5.63. The Labute approximate surface area is 133 Å². The minimum atomic E-state index is 0.793. The van der Waals surface area contributed by atoms with Crippen molar-refractivity contribution in [2.45, 2.75) is 77.5 Å². The van der Waals surface area contributed by atoms with Crippen molar-refractivity contribution in [2.75, 3.05) is 7.05 Å². The summed E-state index contributed by atoms with van der Waals surface area (Å²) in [5.74, 6) is 0.910. The van der Waals surface area contributed by atoms with Crippen molar-refractivity contribution in [3.63, 3.8) is 0 Å². The monoisotopic (exact) mass is 306 g/mol. The van der Waals surface area contributed by atoms with E-state index >= 15 is 0 Å². The van der Waals surface area contributed by atoms with E-state index < -0.39 is 0 Å². The molecule has 0 aromatic carbocycles. The largest absolute Gasteiger partial charge is 0.309 e. The van der Waals surface area contributed by atoms with Crippen molar-refractivity contribution in [2.24, 2.45) is 5.92 Å². The van der Waals surface area contributed by atoms with Gasteiger partial charge in [-0.15, -0.1) is 11.3 Å². The molecule has 2 nitrogen and oxygen atoms in total. The second kappa shape index (κ2) is 6.80. The molecule has 2 fully saturated rings. The van der Waals surface area contributed by atoms with Gasteiger partial charge in [-0.25, -0.2) is 0 Å². The Morgan fingerprint density at radius 2 is 2.10 bits per heavy atom. The lowest BCUT2D eigenvalue weighted by Crippen LogP contribution is -2.35. The molecule has 0 amide bonds. The van der Waals surface area contributed by atoms with E-state index in [-0.39, 0.29) is 0 Å². The standard InChI is InChI=1S/C18H30N2S/c1-13-5-4-6-17(9-13)20(3)12-15-10-18(21-14(15)2)11-19-16-7-8-16/h10,13,16-17,19H,4-9,11-12H2,1-3H3. The zero-order valence-corrected chi connectivity index (χ0v) is 14.6. The predicted octanol–water partition coefficient (Wildman–Crippen LogP) is 4.32. The second-order valence-electron chi connectivity index (χ2n) is 7.29. The van der Waals surface area contributed by atoms with Crippen molar-refractivity contribution < 1.29 is 0 Å². The molecule has 1 heterocycles. The van der Waals surface area contributed by atoms with Crippen LogP contribution in [-0.2, 0) is 13.1 Å². The van der Waals surface area contributed by atoms with Gasteiger partial charge in [-0.3, -0.25) is 4.90 Å². The van der Waals surface area contributed by atoms with Gasteiger partial charge in [0.2, 0.25) is 0 Å². The first kappa shape index (κ1) is 15.5. The fourth-order valence-corrected chi connectivity index (χ4v) is 4.57. The van der Waals surface area contributed by atoms with Gasteiger partial charge in [0.05, 0.1) is 0 Å². The van der Waals surface area contributed by atoms with E-state index in [9.17, 15) is 0 Å². The molecule has 0 spiro atoms. The van der Waals surface area contributed by atoms with E-state index in [1.165, 1.54) is 48.3 Å². The highest BCUT2D eigenvalue weighted by Crippen LogP contribution is 2.29. The fourth-order valence-electron chi connectivity index (χ4n) is 3.56. The van der Waals surface area contributed by atoms with Crippen LogP contribution in [0.25, 0.3) is 0 Å². The maximum Gasteiger partial charge on any atom is 0.0302 e. The highest BCUT2D eigenvalue weighted by molar-refractivity contribution is 7.12. The van der Waals surface area contributed by atoms with Crippen LogP contribution in [0.1, 0.15) is 60.8 Å². The Morgan fingerprint density at radius 3 is 2.81 bits per heavy atom. The molecule has 1 aromatic rings. The topological polar surface area (TPSA) is 15.3 Å². The summed E-state index contributed by atoms with van der Waals surface area (Å²) < 4.78 is 0. The smallest absolute Gasteiger partial charge is 0.0302 e. The van der Waals surface area contributed by atoms with E-state index in [0.29, 0.717) is 0 Å². The summed E-state index contributed by atoms with van der Waals surface area (Å²) >= 11 is 1.98. The molecule has 2 saturated carbocycles. The molecule has 118 valence electrons. The first-order valence-corrected chi connectivity index (χ1v) is 9.45. The lowest BCUT2D eigenvalue weighted by Gasteiger charge is -2.34. The van der Waals surface area contributed by atoms with Crippen molar-refractivity contribution in [1.82, 2.24) is 10.2 Å². The SMILES string of the molecule is Cc1sc(CNC2CC2)cc1CN(C)C1CCCC(C)C1. The van der Waals surface area contributed by atoms with Gasteiger partial charge in [0, 0.05) is 34.9 Å². The first-order valence-electron chi connectivity index (χ1n) is 8.63. The van der Waals surface area contributed by atoms with Crippen LogP contribution in [0.3, 0.4) is 0 Å². The lowest BCUT2D eigenvalue weighted by molar-refractivity contribution is 0.157. The molecular weight excluding hydrogens is 276 g/mol. The number of rotatable bonds is 6. The molecule has 0 saturated heterocycles. The van der Waals surface area contributed by atoms with Crippen LogP contribution in [0, 0.1) is 12.8 Å². The van der Waals surface area contributed by atoms with Crippen LogP contribution in [0.15, 0.2) is 6.07 Å². The Hall–Kier alpha value is -0.380. The third-order valence-corrected chi connectivity index (χ3v) is 6.26. The van der Waals surface area contributed by atoms with E-state index in [2.05, 4.69) is 37.2 Å². The summed E-state index contributed by atoms with van der Waals surface area (Å²) in [6, 6.07) is 4.04. The molecule has 3 heteroatoms. The fraction of sp³-hybridized carbons (Fsp3) is 0.778. The second-order valence-corrected chi connectivity index (χ2v) is 8.63. The maximum absolute atomic E-state index is 3.63. The van der Waals surface area contributed by atoms with Gasteiger partial charge >= 0.3 is 0 Å². The molecular formula is C18H30N2S. The number of nitrogens with zero attached hydrogens (tertiary/aromatic N) is 1. The van der Waals surface area contributed by atoms with Crippen molar-refractivity contribution in [3.8, 4) is 0 Å². The summed E-state index contributed by atoms with van der Waals surface area (Å²) in [5, 5.41) is 3.63. The molecule has 3 rings (SSSR count). The molecule has 2 atom stereocenters. The maximum atomic E-state index is 3.63. The van der Waals surface area contributed by atoms with Gasteiger partial charge in [0.15, 0.2) is 0 Å². The summed E-state index contributed by atoms with van der Waals surface area (Å²) in [6.45, 7) is 6.90. The highest BCUT2D eigenvalue weighted by Gasteiger charge is 2.23. The zero-order valence-electron chi connectivity index (χ0n) is 13.8. The quantitative estimate of drug-likeness (QED) is 0.842. The third-order valence-electron chi connectivity index (χ3n) is 5.17. The van der Waals surface area contributed by atoms with E-state index in [0.717, 1.165) is 31.1 Å². The number of nitrogens with one attached hydrogen (secondary N) is 1. The van der Waals surface area contributed by atoms with Gasteiger partial charge < -0.3 is 5.32 Å². The normalized spacial score (nSPS) is 26.5. The zero-order chi connectivity index (χ0) is 14.8. The van der Waals surface area contributed by atoms with Gasteiger partial charge in [0.25, 0.3) is 0 Å².